The fourth-order valence-corrected chi connectivity index (χ4v) is 7.19. The van der Waals surface area contributed by atoms with Crippen LogP contribution in [0.25, 0.3) is 89.7 Å². The van der Waals surface area contributed by atoms with Crippen molar-refractivity contribution in [1.82, 2.24) is 39.9 Å². The van der Waals surface area contributed by atoms with Crippen LogP contribution in [0.4, 0.5) is 65.9 Å². The normalized spacial score (nSPS) is 12.0. The van der Waals surface area contributed by atoms with Crippen LogP contribution in [-0.2, 0) is 0 Å². The van der Waals surface area contributed by atoms with E-state index in [0.717, 1.165) is 24.3 Å². The van der Waals surface area contributed by atoms with E-state index >= 15 is 39.5 Å². The molecule has 0 spiro atoms. The number of ether oxygens (including phenoxy) is 1. The topological polar surface area (TPSA) is 155 Å². The van der Waals surface area contributed by atoms with Gasteiger partial charge in [-0.15, -0.1) is 0 Å². The van der Waals surface area contributed by atoms with Crippen molar-refractivity contribution < 1.29 is 80.5 Å². The molecule has 11 nitrogen and oxygen atoms in total. The zero-order chi connectivity index (χ0) is 46.4. The molecule has 0 unspecified atom stereocenters. The van der Waals surface area contributed by atoms with Crippen molar-refractivity contribution in [2.45, 2.75) is 0 Å². The van der Waals surface area contributed by atoms with Gasteiger partial charge in [0.15, 0.2) is 110 Å². The fraction of sp³-hybridized carbons (Fsp3) is 0. The third-order valence-corrected chi connectivity index (χ3v) is 10.0. The number of halogens is 15. The highest BCUT2D eigenvalue weighted by Crippen LogP contribution is 2.48. The molecular weight excluding hydrogens is 913 g/mol. The Kier molecular flexibility index (Phi) is 8.67. The minimum atomic E-state index is -2.55. The summed E-state index contributed by atoms with van der Waals surface area (Å²) in [5, 5.41) is 3.87. The summed E-state index contributed by atoms with van der Waals surface area (Å²) in [6.07, 6.45) is 0. The number of hydrogen-bond acceptors (Lipinski definition) is 8. The lowest BCUT2D eigenvalue weighted by atomic mass is 10.0. The van der Waals surface area contributed by atoms with E-state index in [1.54, 1.807) is 0 Å². The van der Waals surface area contributed by atoms with Crippen molar-refractivity contribution in [3.8, 4) is 57.1 Å². The van der Waals surface area contributed by atoms with E-state index in [4.69, 9.17) is 4.74 Å². The lowest BCUT2D eigenvalue weighted by Crippen LogP contribution is -2.04. The van der Waals surface area contributed by atoms with E-state index in [9.17, 15) is 36.2 Å². The number of H-pyrrole nitrogens is 2. The maximum Gasteiger partial charge on any atom is 0.339 e. The largest absolute Gasteiger partial charge is 0.478 e. The summed E-state index contributed by atoms with van der Waals surface area (Å²) in [4.78, 5) is 38.5. The number of aromatic carboxylic acids is 1. The number of carboxylic acid groups (broad SMARTS) is 1. The van der Waals surface area contributed by atoms with Gasteiger partial charge in [-0.1, -0.05) is 12.1 Å². The number of carbonyl (C=O) groups is 1. The molecule has 0 aliphatic carbocycles. The second-order valence-corrected chi connectivity index (χ2v) is 13.6. The third kappa shape index (κ3) is 5.51. The first-order chi connectivity index (χ1) is 30.8. The summed E-state index contributed by atoms with van der Waals surface area (Å²) in [6.45, 7) is 0. The third-order valence-electron chi connectivity index (χ3n) is 10.0. The fourth-order valence-electron chi connectivity index (χ4n) is 7.19. The number of nitrogens with one attached hydrogen (secondary N) is 2. The minimum Gasteiger partial charge on any atom is -0.478 e. The Morgan fingerprint density at radius 2 is 0.708 bits per heavy atom. The minimum absolute atomic E-state index is 0.744. The summed E-state index contributed by atoms with van der Waals surface area (Å²) < 4.78 is 236. The molecule has 2 aliphatic rings. The van der Waals surface area contributed by atoms with Gasteiger partial charge >= 0.3 is 5.97 Å². The number of benzene rings is 5. The van der Waals surface area contributed by atoms with Crippen molar-refractivity contribution in [2.24, 2.45) is 0 Å². The van der Waals surface area contributed by atoms with E-state index in [2.05, 4.69) is 29.9 Å². The first-order valence-electron chi connectivity index (χ1n) is 17.4. The molecule has 5 heterocycles. The number of aromatic nitrogens is 8. The molecule has 8 bridgehead atoms. The van der Waals surface area contributed by atoms with Crippen LogP contribution in [0.5, 0.6) is 11.5 Å². The first kappa shape index (κ1) is 40.7. The smallest absolute Gasteiger partial charge is 0.339 e. The Morgan fingerprint density at radius 3 is 1.08 bits per heavy atom. The summed E-state index contributed by atoms with van der Waals surface area (Å²) in [5.41, 5.74) is -11.5. The molecule has 0 saturated carbocycles. The predicted molar refractivity (Wildman–Crippen MR) is 189 cm³/mol. The maximum atomic E-state index is 16.2. The van der Waals surface area contributed by atoms with Crippen molar-refractivity contribution in [1.29, 1.82) is 0 Å². The number of fused-ring (bicyclic) bond motifs is 20. The molecule has 0 fully saturated rings. The van der Waals surface area contributed by atoms with Crippen LogP contribution in [0.3, 0.4) is 0 Å². The molecule has 26 heteroatoms. The molecule has 3 N–H and O–H groups in total. The van der Waals surface area contributed by atoms with E-state index in [1.165, 1.54) is 0 Å². The van der Waals surface area contributed by atoms with Gasteiger partial charge in [0.25, 0.3) is 0 Å². The van der Waals surface area contributed by atoms with Crippen molar-refractivity contribution in [2.75, 3.05) is 0 Å². The van der Waals surface area contributed by atoms with Crippen LogP contribution in [0.1, 0.15) is 10.4 Å². The lowest BCUT2D eigenvalue weighted by Gasteiger charge is -2.14. The van der Waals surface area contributed by atoms with Crippen molar-refractivity contribution in [3.63, 3.8) is 0 Å². The summed E-state index contributed by atoms with van der Waals surface area (Å²) in [7, 11) is 0. The first-order valence-corrected chi connectivity index (χ1v) is 17.4. The van der Waals surface area contributed by atoms with Crippen LogP contribution in [0.2, 0.25) is 0 Å². The van der Waals surface area contributed by atoms with Crippen molar-refractivity contribution >= 4 is 50.1 Å². The Hall–Kier alpha value is -8.32. The van der Waals surface area contributed by atoms with Gasteiger partial charge in [0, 0.05) is 0 Å². The van der Waals surface area contributed by atoms with E-state index in [0.29, 0.717) is 0 Å². The Morgan fingerprint density at radius 1 is 0.400 bits per heavy atom. The highest BCUT2D eigenvalue weighted by Gasteiger charge is 2.38. The zero-order valence-electron chi connectivity index (χ0n) is 30.4. The number of para-hydroxylation sites is 1. The van der Waals surface area contributed by atoms with Crippen LogP contribution < -0.4 is 4.74 Å². The molecular formula is C39H7F15N8O3. The van der Waals surface area contributed by atoms with Gasteiger partial charge in [-0.2, -0.15) is 4.39 Å². The molecule has 8 aromatic rings. The average molecular weight is 921 g/mol. The SMILES string of the molecule is O=C(O)c1ccccc1Oc1c(F)c(F)c(F)c2c1-c1nc-2nc2[nH]c(nc3nc(nc4[nH]c(n1)c1c(F)c(F)c(F)c(F)c41)-c1c(F)c(F)c(F)c(F)c1-3)c1c(F)c(F)c(F)c(F)c21. The molecule has 3 aromatic heterocycles. The molecule has 65 heavy (non-hydrogen) atoms. The van der Waals surface area contributed by atoms with Gasteiger partial charge in [0.2, 0.25) is 5.82 Å². The molecule has 0 radical (unpaired) electrons. The van der Waals surface area contributed by atoms with Gasteiger partial charge in [-0.3, -0.25) is 0 Å². The van der Waals surface area contributed by atoms with Gasteiger partial charge in [-0.25, -0.2) is 96.2 Å². The second-order valence-electron chi connectivity index (χ2n) is 13.6. The van der Waals surface area contributed by atoms with Crippen molar-refractivity contribution in [3.05, 3.63) is 117 Å². The van der Waals surface area contributed by atoms with Gasteiger partial charge < -0.3 is 19.8 Å². The Labute approximate surface area is 344 Å². The summed E-state index contributed by atoms with van der Waals surface area (Å²) in [5.74, 6) is -45.5. The van der Waals surface area contributed by atoms with E-state index in [-0.39, 0.29) is 0 Å². The summed E-state index contributed by atoms with van der Waals surface area (Å²) in [6, 6.07) is 4.09. The molecule has 2 aliphatic heterocycles. The second kappa shape index (κ2) is 13.8. The highest BCUT2D eigenvalue weighted by atomic mass is 19.2. The monoisotopic (exact) mass is 920 g/mol. The van der Waals surface area contributed by atoms with E-state index in [1.807, 2.05) is 9.97 Å². The molecule has 0 saturated heterocycles. The average Bonchev–Trinajstić information content (AvgIpc) is 4.03. The van der Waals surface area contributed by atoms with Gasteiger partial charge in [0.05, 0.1) is 43.8 Å². The standard InChI is InChI=1S/C39H7F15N8O3/c40-15-7-8(16(41)23(48)22(15)47)32-55-31(7)56-33-9-10(18(43)25(50)24(49)17(9)42)35(58-33)60-37-13-14(30(29(54)28(53)21(13)46)65-6-4-2-1-3-5(6)39(63)64)38(62-37)61-36-12-11(34(57-32)59-36)19(44)26(51)27(52)20(12)45/h1-4H,(H,63,64)(H2,55,56,57,58,59,60,61,62). The predicted octanol–water partition coefficient (Wildman–Crippen LogP) is 10.4. The highest BCUT2D eigenvalue weighted by molar-refractivity contribution is 6.07. The molecule has 0 atom stereocenters. The summed E-state index contributed by atoms with van der Waals surface area (Å²) >= 11 is 0. The molecule has 5 aromatic carbocycles. The van der Waals surface area contributed by atoms with Crippen LogP contribution >= 0.6 is 0 Å². The van der Waals surface area contributed by atoms with E-state index < -0.39 is 200 Å². The maximum absolute atomic E-state index is 16.2. The molecule has 0 amide bonds. The molecule has 10 rings (SSSR count). The quantitative estimate of drug-likeness (QED) is 0.0892. The number of carboxylic acids is 1. The Bertz CT molecular complexity index is 3750. The van der Waals surface area contributed by atoms with Crippen LogP contribution in [0.15, 0.2) is 24.3 Å². The zero-order valence-corrected chi connectivity index (χ0v) is 30.4. The number of aromatic amines is 2. The number of nitrogens with zero attached hydrogens (tertiary/aromatic N) is 6. The van der Waals surface area contributed by atoms with Crippen LogP contribution in [-0.4, -0.2) is 50.9 Å². The molecule has 326 valence electrons. The number of rotatable bonds is 3. The van der Waals surface area contributed by atoms with Crippen LogP contribution in [0, 0.1) is 87.3 Å². The van der Waals surface area contributed by atoms with Gasteiger partial charge in [-0.05, 0) is 12.1 Å². The number of hydrogen-bond donors (Lipinski definition) is 3. The lowest BCUT2D eigenvalue weighted by molar-refractivity contribution is 0.0694. The Balaban J connectivity index is 1.47. The van der Waals surface area contributed by atoms with Gasteiger partial charge in [0.1, 0.15) is 33.9 Å².